The average molecular weight is 265 g/mol. The first-order valence-corrected chi connectivity index (χ1v) is 6.20. The number of benzene rings is 1. The lowest BCUT2D eigenvalue weighted by atomic mass is 10.1. The molecule has 0 aliphatic heterocycles. The van der Waals surface area contributed by atoms with Gasteiger partial charge in [0.25, 0.3) is 0 Å². The van der Waals surface area contributed by atoms with Gasteiger partial charge in [-0.15, -0.1) is 0 Å². The van der Waals surface area contributed by atoms with Gasteiger partial charge in [-0.1, -0.05) is 0 Å². The Balaban J connectivity index is 2.65. The second-order valence-electron chi connectivity index (χ2n) is 4.50. The van der Waals surface area contributed by atoms with Gasteiger partial charge in [-0.05, 0) is 68.7 Å². The highest BCUT2D eigenvalue weighted by Crippen LogP contribution is 2.21. The zero-order valence-electron chi connectivity index (χ0n) is 11.1. The molecule has 0 unspecified atom stereocenters. The molecule has 0 fully saturated rings. The van der Waals surface area contributed by atoms with E-state index in [1.54, 1.807) is 6.21 Å². The molecular weight excluding hydrogens is 246 g/mol. The van der Waals surface area contributed by atoms with Gasteiger partial charge in [-0.25, -0.2) is 0 Å². The Bertz CT molecular complexity index is 446. The minimum atomic E-state index is 0.276. The van der Waals surface area contributed by atoms with Crippen molar-refractivity contribution >= 4 is 23.5 Å². The average Bonchev–Trinajstić information content (AvgIpc) is 2.24. The first kappa shape index (κ1) is 14.4. The molecule has 1 rings (SSSR count). The van der Waals surface area contributed by atoms with Crippen LogP contribution in [0.1, 0.15) is 30.5 Å². The summed E-state index contributed by atoms with van der Waals surface area (Å²) >= 11 is 5.04. The molecule has 0 atom stereocenters. The molecule has 1 aromatic carbocycles. The van der Waals surface area contributed by atoms with Gasteiger partial charge in [0.2, 0.25) is 0 Å². The van der Waals surface area contributed by atoms with Crippen molar-refractivity contribution in [1.29, 1.82) is 0 Å². The number of thiocarbonyl (C=S) groups is 1. The van der Waals surface area contributed by atoms with Crippen LogP contribution in [0.3, 0.4) is 0 Å². The fraction of sp³-hybridized carbons (Fsp3) is 0.385. The minimum absolute atomic E-state index is 0.276. The van der Waals surface area contributed by atoms with Crippen LogP contribution < -0.4 is 10.7 Å². The number of phenols is 1. The summed E-state index contributed by atoms with van der Waals surface area (Å²) in [5, 5.41) is 17.2. The lowest BCUT2D eigenvalue weighted by molar-refractivity contribution is 0.467. The summed E-state index contributed by atoms with van der Waals surface area (Å²) in [4.78, 5) is 0. The number of aryl methyl sites for hydroxylation is 2. The first-order chi connectivity index (χ1) is 8.40. The van der Waals surface area contributed by atoms with E-state index in [0.29, 0.717) is 10.9 Å². The second kappa shape index (κ2) is 6.35. The molecule has 1 aromatic rings. The monoisotopic (exact) mass is 265 g/mol. The van der Waals surface area contributed by atoms with Crippen LogP contribution in [-0.2, 0) is 0 Å². The molecular formula is C13H19N3OS. The molecule has 4 nitrogen and oxygen atoms in total. The minimum Gasteiger partial charge on any atom is -0.507 e. The smallest absolute Gasteiger partial charge is 0.187 e. The van der Waals surface area contributed by atoms with Gasteiger partial charge >= 0.3 is 0 Å². The topological polar surface area (TPSA) is 56.7 Å². The van der Waals surface area contributed by atoms with Gasteiger partial charge in [0.15, 0.2) is 5.11 Å². The number of hydrogen-bond donors (Lipinski definition) is 3. The zero-order valence-corrected chi connectivity index (χ0v) is 11.9. The molecule has 0 aliphatic rings. The molecule has 5 heteroatoms. The summed E-state index contributed by atoms with van der Waals surface area (Å²) in [5.41, 5.74) is 5.33. The second-order valence-corrected chi connectivity index (χ2v) is 4.91. The summed E-state index contributed by atoms with van der Waals surface area (Å²) in [5.74, 6) is 0.331. The summed E-state index contributed by atoms with van der Waals surface area (Å²) in [7, 11) is 0. The summed E-state index contributed by atoms with van der Waals surface area (Å²) in [6, 6.07) is 4.01. The Kier molecular flexibility index (Phi) is 5.09. The Labute approximate surface area is 113 Å². The normalized spacial score (nSPS) is 10.9. The SMILES string of the molecule is Cc1cc(/C=N/NC(=S)NC(C)C)cc(C)c1O. The maximum Gasteiger partial charge on any atom is 0.187 e. The maximum absolute atomic E-state index is 9.65. The highest BCUT2D eigenvalue weighted by Gasteiger charge is 2.01. The Morgan fingerprint density at radius 1 is 1.33 bits per heavy atom. The van der Waals surface area contributed by atoms with Crippen LogP contribution in [-0.4, -0.2) is 22.5 Å². The molecule has 0 saturated heterocycles. The van der Waals surface area contributed by atoms with E-state index >= 15 is 0 Å². The van der Waals surface area contributed by atoms with Crippen molar-refractivity contribution in [3.05, 3.63) is 28.8 Å². The van der Waals surface area contributed by atoms with Crippen LogP contribution in [0.15, 0.2) is 17.2 Å². The van der Waals surface area contributed by atoms with E-state index in [-0.39, 0.29) is 6.04 Å². The van der Waals surface area contributed by atoms with Crippen LogP contribution >= 0.6 is 12.2 Å². The standard InChI is InChI=1S/C13H19N3OS/c1-8(2)15-13(18)16-14-7-11-5-9(3)12(17)10(4)6-11/h5-8,17H,1-4H3,(H2,15,16,18)/b14-7+. The van der Waals surface area contributed by atoms with Gasteiger partial charge in [0.1, 0.15) is 5.75 Å². The van der Waals surface area contributed by atoms with Gasteiger partial charge < -0.3 is 10.4 Å². The van der Waals surface area contributed by atoms with Crippen molar-refractivity contribution in [1.82, 2.24) is 10.7 Å². The zero-order chi connectivity index (χ0) is 13.7. The van der Waals surface area contributed by atoms with Gasteiger partial charge in [0, 0.05) is 6.04 Å². The number of rotatable bonds is 3. The van der Waals surface area contributed by atoms with Crippen LogP contribution in [0, 0.1) is 13.8 Å². The fourth-order valence-corrected chi connectivity index (χ4v) is 1.81. The molecule has 18 heavy (non-hydrogen) atoms. The molecule has 0 aromatic heterocycles. The third-order valence-corrected chi connectivity index (χ3v) is 2.52. The Morgan fingerprint density at radius 2 is 1.89 bits per heavy atom. The highest BCUT2D eigenvalue weighted by molar-refractivity contribution is 7.80. The molecule has 0 aliphatic carbocycles. The van der Waals surface area contributed by atoms with Gasteiger partial charge in [-0.2, -0.15) is 5.10 Å². The van der Waals surface area contributed by atoms with Crippen molar-refractivity contribution in [2.45, 2.75) is 33.7 Å². The number of nitrogens with one attached hydrogen (secondary N) is 2. The van der Waals surface area contributed by atoms with E-state index in [1.807, 2.05) is 39.8 Å². The van der Waals surface area contributed by atoms with Crippen molar-refractivity contribution in [2.75, 3.05) is 0 Å². The predicted molar refractivity (Wildman–Crippen MR) is 79.2 cm³/mol. The van der Waals surface area contributed by atoms with Gasteiger partial charge in [0.05, 0.1) is 6.21 Å². The quantitative estimate of drug-likeness (QED) is 0.445. The lowest BCUT2D eigenvalue weighted by Gasteiger charge is -2.09. The van der Waals surface area contributed by atoms with E-state index in [1.165, 1.54) is 0 Å². The molecule has 0 amide bonds. The summed E-state index contributed by atoms with van der Waals surface area (Å²) < 4.78 is 0. The third-order valence-electron chi connectivity index (χ3n) is 2.31. The van der Waals surface area contributed by atoms with E-state index in [0.717, 1.165) is 16.7 Å². The van der Waals surface area contributed by atoms with Crippen LogP contribution in [0.25, 0.3) is 0 Å². The third kappa shape index (κ3) is 4.33. The van der Waals surface area contributed by atoms with Crippen molar-refractivity contribution in [2.24, 2.45) is 5.10 Å². The van der Waals surface area contributed by atoms with Crippen molar-refractivity contribution in [3.63, 3.8) is 0 Å². The highest BCUT2D eigenvalue weighted by atomic mass is 32.1. The van der Waals surface area contributed by atoms with E-state index in [4.69, 9.17) is 12.2 Å². The fourth-order valence-electron chi connectivity index (χ4n) is 1.52. The Morgan fingerprint density at radius 3 is 2.39 bits per heavy atom. The largest absolute Gasteiger partial charge is 0.507 e. The molecule has 0 heterocycles. The number of nitrogens with zero attached hydrogens (tertiary/aromatic N) is 1. The lowest BCUT2D eigenvalue weighted by Crippen LogP contribution is -2.36. The van der Waals surface area contributed by atoms with E-state index in [9.17, 15) is 5.11 Å². The molecule has 0 spiro atoms. The van der Waals surface area contributed by atoms with Crippen LogP contribution in [0.2, 0.25) is 0 Å². The maximum atomic E-state index is 9.65. The van der Waals surface area contributed by atoms with Crippen molar-refractivity contribution in [3.8, 4) is 5.75 Å². The molecule has 0 bridgehead atoms. The molecule has 3 N–H and O–H groups in total. The molecule has 0 saturated carbocycles. The van der Waals surface area contributed by atoms with Crippen molar-refractivity contribution < 1.29 is 5.11 Å². The number of hydrazone groups is 1. The number of hydrogen-bond acceptors (Lipinski definition) is 3. The van der Waals surface area contributed by atoms with E-state index < -0.39 is 0 Å². The van der Waals surface area contributed by atoms with E-state index in [2.05, 4.69) is 15.8 Å². The first-order valence-electron chi connectivity index (χ1n) is 5.80. The predicted octanol–water partition coefficient (Wildman–Crippen LogP) is 2.22. The van der Waals surface area contributed by atoms with Crippen LogP contribution in [0.4, 0.5) is 0 Å². The van der Waals surface area contributed by atoms with Crippen LogP contribution in [0.5, 0.6) is 5.75 Å². The molecule has 0 radical (unpaired) electrons. The number of aromatic hydroxyl groups is 1. The van der Waals surface area contributed by atoms with Gasteiger partial charge in [-0.3, -0.25) is 5.43 Å². The summed E-state index contributed by atoms with van der Waals surface area (Å²) in [6.45, 7) is 7.73. The molecule has 98 valence electrons. The number of phenolic OH excluding ortho intramolecular Hbond substituents is 1. The Hall–Kier alpha value is -1.62. The summed E-state index contributed by atoms with van der Waals surface area (Å²) in [6.07, 6.45) is 1.67.